The molecule has 0 bridgehead atoms. The van der Waals surface area contributed by atoms with Gasteiger partial charge in [0.2, 0.25) is 0 Å². The third kappa shape index (κ3) is 4.60. The van der Waals surface area contributed by atoms with E-state index in [1.807, 2.05) is 6.07 Å². The smallest absolute Gasteiger partial charge is 0.129 e. The Balaban J connectivity index is 1.95. The summed E-state index contributed by atoms with van der Waals surface area (Å²) >= 11 is 12.1. The molecule has 19 heavy (non-hydrogen) atoms. The maximum atomic E-state index is 6.18. The average Bonchev–Trinajstić information content (AvgIpc) is 2.43. The van der Waals surface area contributed by atoms with Crippen molar-refractivity contribution < 1.29 is 0 Å². The van der Waals surface area contributed by atoms with Gasteiger partial charge in [-0.15, -0.1) is 0 Å². The third-order valence-corrected chi connectivity index (χ3v) is 4.23. The molecule has 5 heteroatoms. The molecule has 1 aromatic rings. The van der Waals surface area contributed by atoms with Gasteiger partial charge in [0.25, 0.3) is 0 Å². The van der Waals surface area contributed by atoms with Crippen LogP contribution in [0.2, 0.25) is 10.2 Å². The van der Waals surface area contributed by atoms with Gasteiger partial charge < -0.3 is 5.32 Å². The van der Waals surface area contributed by atoms with Crippen molar-refractivity contribution in [3.8, 4) is 0 Å². The van der Waals surface area contributed by atoms with Crippen molar-refractivity contribution >= 4 is 23.2 Å². The minimum atomic E-state index is 0.511. The molecular weight excluding hydrogens is 281 g/mol. The van der Waals surface area contributed by atoms with Gasteiger partial charge in [-0.05, 0) is 50.5 Å². The highest BCUT2D eigenvalue weighted by atomic mass is 35.5. The fourth-order valence-corrected chi connectivity index (χ4v) is 2.85. The summed E-state index contributed by atoms with van der Waals surface area (Å²) in [6, 6.07) is 3.56. The van der Waals surface area contributed by atoms with Crippen LogP contribution in [-0.4, -0.2) is 36.1 Å². The highest BCUT2D eigenvalue weighted by Crippen LogP contribution is 2.20. The Morgan fingerprint density at radius 2 is 2.05 bits per heavy atom. The van der Waals surface area contributed by atoms with Crippen molar-refractivity contribution in [1.29, 1.82) is 0 Å². The van der Waals surface area contributed by atoms with E-state index in [4.69, 9.17) is 23.2 Å². The summed E-state index contributed by atoms with van der Waals surface area (Å²) in [7, 11) is 0. The molecule has 2 rings (SSSR count). The fraction of sp³-hybridized carbons (Fsp3) is 0.643. The number of aromatic nitrogens is 1. The van der Waals surface area contributed by atoms with Crippen LogP contribution in [0.5, 0.6) is 0 Å². The van der Waals surface area contributed by atoms with Crippen molar-refractivity contribution in [3.05, 3.63) is 28.0 Å². The Morgan fingerprint density at radius 1 is 1.32 bits per heavy atom. The van der Waals surface area contributed by atoms with E-state index in [-0.39, 0.29) is 0 Å². The highest BCUT2D eigenvalue weighted by molar-refractivity contribution is 6.32. The van der Waals surface area contributed by atoms with Crippen LogP contribution in [0.1, 0.15) is 25.5 Å². The molecule has 0 amide bonds. The molecule has 0 aliphatic carbocycles. The molecule has 3 nitrogen and oxygen atoms in total. The van der Waals surface area contributed by atoms with Gasteiger partial charge in [0.1, 0.15) is 5.15 Å². The van der Waals surface area contributed by atoms with Crippen LogP contribution in [0, 0.1) is 5.92 Å². The van der Waals surface area contributed by atoms with E-state index in [1.54, 1.807) is 6.07 Å². The van der Waals surface area contributed by atoms with Gasteiger partial charge in [-0.3, -0.25) is 4.90 Å². The first kappa shape index (κ1) is 15.0. The van der Waals surface area contributed by atoms with Gasteiger partial charge in [-0.1, -0.05) is 30.1 Å². The van der Waals surface area contributed by atoms with Crippen molar-refractivity contribution in [2.75, 3.05) is 26.2 Å². The molecule has 1 aromatic heterocycles. The SMILES string of the molecule is CCN(Cc1nc(Cl)ccc1Cl)CC1CCNCC1. The minimum Gasteiger partial charge on any atom is -0.317 e. The molecule has 1 saturated heterocycles. The summed E-state index contributed by atoms with van der Waals surface area (Å²) in [6.07, 6.45) is 2.51. The number of nitrogens with one attached hydrogen (secondary N) is 1. The quantitative estimate of drug-likeness (QED) is 0.847. The Bertz CT molecular complexity index is 406. The van der Waals surface area contributed by atoms with Crippen molar-refractivity contribution in [2.45, 2.75) is 26.3 Å². The molecule has 1 aliphatic heterocycles. The van der Waals surface area contributed by atoms with Gasteiger partial charge in [0, 0.05) is 13.1 Å². The van der Waals surface area contributed by atoms with Crippen LogP contribution in [0.3, 0.4) is 0 Å². The van der Waals surface area contributed by atoms with E-state index in [0.717, 1.165) is 44.3 Å². The van der Waals surface area contributed by atoms with Crippen molar-refractivity contribution in [3.63, 3.8) is 0 Å². The predicted octanol–water partition coefficient (Wildman–Crippen LogP) is 3.21. The zero-order valence-electron chi connectivity index (χ0n) is 11.3. The van der Waals surface area contributed by atoms with Gasteiger partial charge in [0.15, 0.2) is 0 Å². The van der Waals surface area contributed by atoms with E-state index in [2.05, 4.69) is 22.1 Å². The van der Waals surface area contributed by atoms with Crippen LogP contribution >= 0.6 is 23.2 Å². The lowest BCUT2D eigenvalue weighted by Crippen LogP contribution is -2.36. The fourth-order valence-electron chi connectivity index (χ4n) is 2.52. The van der Waals surface area contributed by atoms with Gasteiger partial charge in [0.05, 0.1) is 10.7 Å². The van der Waals surface area contributed by atoms with Crippen LogP contribution in [0.15, 0.2) is 12.1 Å². The monoisotopic (exact) mass is 301 g/mol. The van der Waals surface area contributed by atoms with E-state index in [9.17, 15) is 0 Å². The summed E-state index contributed by atoms with van der Waals surface area (Å²) < 4.78 is 0. The van der Waals surface area contributed by atoms with E-state index in [1.165, 1.54) is 12.8 Å². The molecular formula is C14H21Cl2N3. The lowest BCUT2D eigenvalue weighted by molar-refractivity contribution is 0.205. The summed E-state index contributed by atoms with van der Waals surface area (Å²) in [6.45, 7) is 7.35. The zero-order chi connectivity index (χ0) is 13.7. The number of hydrogen-bond acceptors (Lipinski definition) is 3. The van der Waals surface area contributed by atoms with Crippen LogP contribution in [0.25, 0.3) is 0 Å². The lowest BCUT2D eigenvalue weighted by atomic mass is 9.97. The molecule has 0 aromatic carbocycles. The molecule has 1 N–H and O–H groups in total. The van der Waals surface area contributed by atoms with Gasteiger partial charge in [-0.2, -0.15) is 0 Å². The normalized spacial score (nSPS) is 17.1. The van der Waals surface area contributed by atoms with E-state index < -0.39 is 0 Å². The Hall–Kier alpha value is -0.350. The number of pyridine rings is 1. The van der Waals surface area contributed by atoms with E-state index >= 15 is 0 Å². The zero-order valence-corrected chi connectivity index (χ0v) is 12.8. The maximum Gasteiger partial charge on any atom is 0.129 e. The van der Waals surface area contributed by atoms with Crippen molar-refractivity contribution in [1.82, 2.24) is 15.2 Å². The highest BCUT2D eigenvalue weighted by Gasteiger charge is 2.17. The summed E-state index contributed by atoms with van der Waals surface area (Å²) in [5, 5.41) is 4.62. The molecule has 1 fully saturated rings. The third-order valence-electron chi connectivity index (χ3n) is 3.68. The van der Waals surface area contributed by atoms with Crippen LogP contribution in [0.4, 0.5) is 0 Å². The predicted molar refractivity (Wildman–Crippen MR) is 80.8 cm³/mol. The first-order valence-electron chi connectivity index (χ1n) is 6.93. The Labute approximate surface area is 125 Å². The standard InChI is InChI=1S/C14H21Cl2N3/c1-2-19(9-11-5-7-17-8-6-11)10-13-12(15)3-4-14(16)18-13/h3-4,11,17H,2,5-10H2,1H3. The van der Waals surface area contributed by atoms with Crippen molar-refractivity contribution in [2.24, 2.45) is 5.92 Å². The summed E-state index contributed by atoms with van der Waals surface area (Å²) in [5.74, 6) is 0.777. The molecule has 0 radical (unpaired) electrons. The molecule has 0 unspecified atom stereocenters. The topological polar surface area (TPSA) is 28.2 Å². The number of hydrogen-bond donors (Lipinski definition) is 1. The average molecular weight is 302 g/mol. The molecule has 0 spiro atoms. The van der Waals surface area contributed by atoms with Crippen LogP contribution in [-0.2, 0) is 6.54 Å². The van der Waals surface area contributed by atoms with E-state index in [0.29, 0.717) is 10.2 Å². The number of nitrogens with zero attached hydrogens (tertiary/aromatic N) is 2. The minimum absolute atomic E-state index is 0.511. The number of halogens is 2. The largest absolute Gasteiger partial charge is 0.317 e. The van der Waals surface area contributed by atoms with Gasteiger partial charge >= 0.3 is 0 Å². The molecule has 2 heterocycles. The molecule has 1 aliphatic rings. The van der Waals surface area contributed by atoms with Crippen LogP contribution < -0.4 is 5.32 Å². The first-order chi connectivity index (χ1) is 9.19. The molecule has 0 atom stereocenters. The Kier molecular flexibility index (Phi) is 5.89. The first-order valence-corrected chi connectivity index (χ1v) is 7.68. The maximum absolute atomic E-state index is 6.18. The lowest BCUT2D eigenvalue weighted by Gasteiger charge is -2.29. The second-order valence-electron chi connectivity index (χ2n) is 5.08. The second kappa shape index (κ2) is 7.44. The number of piperidine rings is 1. The summed E-state index contributed by atoms with van der Waals surface area (Å²) in [5.41, 5.74) is 0.880. The molecule has 106 valence electrons. The molecule has 0 saturated carbocycles. The summed E-state index contributed by atoms with van der Waals surface area (Å²) in [4.78, 5) is 6.74. The Morgan fingerprint density at radius 3 is 2.74 bits per heavy atom. The second-order valence-corrected chi connectivity index (χ2v) is 5.88. The number of rotatable bonds is 5. The van der Waals surface area contributed by atoms with Gasteiger partial charge in [-0.25, -0.2) is 4.98 Å².